The van der Waals surface area contributed by atoms with Crippen LogP contribution in [0.5, 0.6) is 51.7 Å². The van der Waals surface area contributed by atoms with Crippen molar-refractivity contribution in [3.05, 3.63) is 112 Å². The Labute approximate surface area is 291 Å². The molecule has 9 rings (SSSR count). The smallest absolute Gasteiger partial charge is 0.318 e. The largest absolute Gasteiger partial charge is 0.508 e. The molecule has 1 aliphatic carbocycles. The van der Waals surface area contributed by atoms with E-state index in [1.165, 1.54) is 42.5 Å². The monoisotopic (exact) mass is 690 g/mol. The molecule has 0 radical (unpaired) electrons. The van der Waals surface area contributed by atoms with Crippen LogP contribution in [0.1, 0.15) is 71.6 Å². The average Bonchev–Trinajstić information content (AvgIpc) is 3.33. The maximum absolute atomic E-state index is 14.6. The Bertz CT molecular complexity index is 2270. The summed E-state index contributed by atoms with van der Waals surface area (Å²) < 4.78 is 26.3. The van der Waals surface area contributed by atoms with Gasteiger partial charge >= 0.3 is 5.79 Å². The van der Waals surface area contributed by atoms with Gasteiger partial charge in [-0.1, -0.05) is 36.8 Å². The number of hydrogen-bond acceptors (Lipinski definition) is 11. The quantitative estimate of drug-likeness (QED) is 0.103. The van der Waals surface area contributed by atoms with E-state index in [0.29, 0.717) is 16.9 Å². The number of aromatic hydroxyl groups is 5. The number of rotatable bonds is 3. The second-order valence-corrected chi connectivity index (χ2v) is 14.3. The number of ketones is 1. The number of aliphatic hydroxyl groups is 1. The van der Waals surface area contributed by atoms with Gasteiger partial charge in [0.2, 0.25) is 11.4 Å². The number of fused-ring (bicyclic) bond motifs is 8. The van der Waals surface area contributed by atoms with Crippen LogP contribution in [-0.4, -0.2) is 42.2 Å². The molecule has 4 aromatic carbocycles. The maximum Gasteiger partial charge on any atom is 0.318 e. The molecule has 0 amide bonds. The van der Waals surface area contributed by atoms with Crippen LogP contribution in [0.3, 0.4) is 0 Å². The molecule has 0 aromatic heterocycles. The third-order valence-corrected chi connectivity index (χ3v) is 11.1. The first-order valence-electron chi connectivity index (χ1n) is 16.7. The molecule has 11 nitrogen and oxygen atoms in total. The fraction of sp³-hybridized carbons (Fsp3) is 0.275. The summed E-state index contributed by atoms with van der Waals surface area (Å²) in [4.78, 5) is 14.6. The van der Waals surface area contributed by atoms with Crippen LogP contribution in [-0.2, 0) is 11.4 Å². The van der Waals surface area contributed by atoms with E-state index in [9.17, 15) is 35.4 Å². The maximum atomic E-state index is 14.6. The molecule has 51 heavy (non-hydrogen) atoms. The van der Waals surface area contributed by atoms with Crippen molar-refractivity contribution in [1.82, 2.24) is 0 Å². The summed E-state index contributed by atoms with van der Waals surface area (Å²) in [5, 5.41) is 66.2. The van der Waals surface area contributed by atoms with E-state index in [4.69, 9.17) is 18.9 Å². The summed E-state index contributed by atoms with van der Waals surface area (Å²) in [5.41, 5.74) is 0.539. The first-order chi connectivity index (χ1) is 24.3. The third kappa shape index (κ3) is 3.95. The lowest BCUT2D eigenvalue weighted by Gasteiger charge is -2.56. The molecule has 0 saturated heterocycles. The lowest BCUT2D eigenvalue weighted by atomic mass is 9.59. The average molecular weight is 691 g/mol. The summed E-state index contributed by atoms with van der Waals surface area (Å²) in [5.74, 6) is -7.76. The van der Waals surface area contributed by atoms with Gasteiger partial charge < -0.3 is 49.6 Å². The Balaban J connectivity index is 1.30. The topological polar surface area (TPSA) is 175 Å². The van der Waals surface area contributed by atoms with Crippen molar-refractivity contribution in [2.24, 2.45) is 11.8 Å². The van der Waals surface area contributed by atoms with Crippen molar-refractivity contribution >= 4 is 5.78 Å². The number of phenolic OH excluding ortho intramolecular Hbond substituents is 5. The summed E-state index contributed by atoms with van der Waals surface area (Å²) >= 11 is 0. The van der Waals surface area contributed by atoms with Gasteiger partial charge in [0.05, 0.1) is 5.92 Å². The van der Waals surface area contributed by atoms with E-state index < -0.39 is 46.3 Å². The molecule has 260 valence electrons. The van der Waals surface area contributed by atoms with Crippen molar-refractivity contribution < 1.29 is 54.4 Å². The molecule has 4 heterocycles. The molecular formula is C40H34O11. The van der Waals surface area contributed by atoms with E-state index >= 15 is 0 Å². The fourth-order valence-electron chi connectivity index (χ4n) is 8.78. The van der Waals surface area contributed by atoms with Crippen LogP contribution >= 0.6 is 0 Å². The molecule has 0 spiro atoms. The number of benzene rings is 4. The van der Waals surface area contributed by atoms with Gasteiger partial charge in [0, 0.05) is 53.1 Å². The van der Waals surface area contributed by atoms with Crippen molar-refractivity contribution in [3.8, 4) is 51.7 Å². The summed E-state index contributed by atoms with van der Waals surface area (Å²) in [6, 6.07) is 14.9. The number of Topliss-reactive ketones (excluding diaryl/α,β-unsaturated/α-hetero) is 1. The highest BCUT2D eigenvalue weighted by Gasteiger charge is 2.70. The van der Waals surface area contributed by atoms with Gasteiger partial charge in [-0.3, -0.25) is 4.79 Å². The highest BCUT2D eigenvalue weighted by Crippen LogP contribution is 2.67. The summed E-state index contributed by atoms with van der Waals surface area (Å²) in [6.45, 7) is 5.76. The van der Waals surface area contributed by atoms with Crippen LogP contribution < -0.4 is 18.9 Å². The number of ether oxygens (including phenoxy) is 4. The van der Waals surface area contributed by atoms with E-state index in [1.807, 2.05) is 32.9 Å². The van der Waals surface area contributed by atoms with Crippen molar-refractivity contribution in [2.45, 2.75) is 56.2 Å². The van der Waals surface area contributed by atoms with Crippen LogP contribution in [0.4, 0.5) is 0 Å². The van der Waals surface area contributed by atoms with Crippen molar-refractivity contribution in [1.29, 1.82) is 0 Å². The molecule has 0 fully saturated rings. The minimum Gasteiger partial charge on any atom is -0.508 e. The van der Waals surface area contributed by atoms with Gasteiger partial charge in [0.25, 0.3) is 5.79 Å². The van der Waals surface area contributed by atoms with Gasteiger partial charge in [0.15, 0.2) is 11.5 Å². The molecule has 1 unspecified atom stereocenters. The molecule has 7 atom stereocenters. The molecule has 5 aliphatic rings. The number of phenols is 5. The number of carbonyl (C=O) groups is 1. The van der Waals surface area contributed by atoms with Gasteiger partial charge in [-0.15, -0.1) is 0 Å². The Morgan fingerprint density at radius 3 is 2.25 bits per heavy atom. The molecule has 0 bridgehead atoms. The van der Waals surface area contributed by atoms with Crippen LogP contribution in [0.2, 0.25) is 0 Å². The van der Waals surface area contributed by atoms with Gasteiger partial charge in [0.1, 0.15) is 45.8 Å². The highest BCUT2D eigenvalue weighted by molar-refractivity contribution is 6.09. The lowest BCUT2D eigenvalue weighted by Crippen LogP contribution is -2.62. The minimum absolute atomic E-state index is 0.000604. The predicted molar refractivity (Wildman–Crippen MR) is 181 cm³/mol. The molecule has 4 aromatic rings. The fourth-order valence-corrected chi connectivity index (χ4v) is 8.78. The van der Waals surface area contributed by atoms with E-state index in [1.54, 1.807) is 24.3 Å². The first kappa shape index (κ1) is 31.2. The van der Waals surface area contributed by atoms with Crippen molar-refractivity contribution in [2.75, 3.05) is 0 Å². The van der Waals surface area contributed by atoms with Crippen LogP contribution in [0.15, 0.2) is 84.5 Å². The van der Waals surface area contributed by atoms with Crippen molar-refractivity contribution in [3.63, 3.8) is 0 Å². The zero-order valence-corrected chi connectivity index (χ0v) is 27.7. The normalized spacial score (nSPS) is 30.1. The molecule has 6 N–H and O–H groups in total. The standard InChI is InChI=1S/C40H34O11/c1-18(2)12-13-38-25-10-7-22(42)16-29(25)51-40(38,47)37(46)34-31(48-38)17-30-33(36(34)45)24-8-4-19(3)32-23-9-6-21(41)15-28(23)49-39(50-30,35(24)32)20-5-11-26(43)27(44)14-20/h4-12,14-17,19,24,32,35,41-45,47H,13H2,1-3H3/t19?,24-,32-,35+,38+,39+,40+/m1/s1. The first-order valence-corrected chi connectivity index (χ1v) is 16.7. The zero-order chi connectivity index (χ0) is 35.8. The van der Waals surface area contributed by atoms with E-state index in [2.05, 4.69) is 0 Å². The van der Waals surface area contributed by atoms with Gasteiger partial charge in [-0.25, -0.2) is 0 Å². The molecule has 0 saturated carbocycles. The number of hydrogen-bond donors (Lipinski definition) is 6. The SMILES string of the molecule is CC(C)=CC[C@@]12Oc3cc4c(c(O)c3C(=O)[C@]1(O)Oc1cc(O)ccc12)[C@H]1C=CC(C)[C@@H]2c3ccc(O)cc3O[C@@](c3ccc(O)c(O)c3)(O4)[C@@H]12. The molecular weight excluding hydrogens is 656 g/mol. The molecule has 11 heteroatoms. The van der Waals surface area contributed by atoms with E-state index in [-0.39, 0.29) is 63.9 Å². The number of carbonyl (C=O) groups excluding carboxylic acids is 1. The number of allylic oxidation sites excluding steroid dienone is 3. The molecule has 4 aliphatic heterocycles. The van der Waals surface area contributed by atoms with Gasteiger partial charge in [-0.2, -0.15) is 0 Å². The predicted octanol–water partition coefficient (Wildman–Crippen LogP) is 6.45. The Hall–Kier alpha value is -5.81. The second kappa shape index (κ2) is 10.1. The summed E-state index contributed by atoms with van der Waals surface area (Å²) in [7, 11) is 0. The summed E-state index contributed by atoms with van der Waals surface area (Å²) in [6.07, 6.45) is 5.74. The van der Waals surface area contributed by atoms with E-state index in [0.717, 1.165) is 11.1 Å². The Morgan fingerprint density at radius 2 is 1.51 bits per heavy atom. The third-order valence-electron chi connectivity index (χ3n) is 11.1. The zero-order valence-electron chi connectivity index (χ0n) is 27.7. The highest BCUT2D eigenvalue weighted by atomic mass is 16.7. The Morgan fingerprint density at radius 1 is 0.784 bits per heavy atom. The lowest BCUT2D eigenvalue weighted by molar-refractivity contribution is -0.205. The minimum atomic E-state index is -2.61. The second-order valence-electron chi connectivity index (χ2n) is 14.3. The van der Waals surface area contributed by atoms with Crippen LogP contribution in [0, 0.1) is 11.8 Å². The van der Waals surface area contributed by atoms with Gasteiger partial charge in [-0.05, 0) is 61.7 Å². The van der Waals surface area contributed by atoms with Crippen LogP contribution in [0.25, 0.3) is 0 Å². The Kier molecular flexibility index (Phi) is 6.20.